The SMILES string of the molecule is O=C(Nc1cncc(F)c1)c1cc(I)ccc1O. The number of hydrogen-bond acceptors (Lipinski definition) is 3. The van der Waals surface area contributed by atoms with Crippen LogP contribution in [0.25, 0.3) is 0 Å². The van der Waals surface area contributed by atoms with E-state index in [2.05, 4.69) is 10.3 Å². The highest BCUT2D eigenvalue weighted by atomic mass is 127. The molecule has 2 rings (SSSR count). The zero-order valence-electron chi connectivity index (χ0n) is 9.02. The number of rotatable bonds is 2. The summed E-state index contributed by atoms with van der Waals surface area (Å²) in [4.78, 5) is 15.5. The summed E-state index contributed by atoms with van der Waals surface area (Å²) >= 11 is 2.03. The topological polar surface area (TPSA) is 62.2 Å². The Hall–Kier alpha value is -1.70. The summed E-state index contributed by atoms with van der Waals surface area (Å²) in [5.41, 5.74) is 0.365. The van der Waals surface area contributed by atoms with Gasteiger partial charge in [0.05, 0.1) is 23.6 Å². The third-order valence-electron chi connectivity index (χ3n) is 2.17. The van der Waals surface area contributed by atoms with E-state index in [0.29, 0.717) is 0 Å². The van der Waals surface area contributed by atoms with Crippen molar-refractivity contribution in [2.45, 2.75) is 0 Å². The molecule has 0 saturated heterocycles. The number of hydrogen-bond donors (Lipinski definition) is 2. The molecule has 1 aromatic heterocycles. The normalized spacial score (nSPS) is 10.1. The van der Waals surface area contributed by atoms with Crippen molar-refractivity contribution in [3.8, 4) is 5.75 Å². The molecule has 0 fully saturated rings. The molecule has 0 aliphatic heterocycles. The van der Waals surface area contributed by atoms with Crippen LogP contribution in [0.15, 0.2) is 36.7 Å². The number of carbonyl (C=O) groups excluding carboxylic acids is 1. The number of phenolic OH excluding ortho intramolecular Hbond substituents is 1. The Kier molecular flexibility index (Phi) is 3.75. The first-order chi connectivity index (χ1) is 8.56. The van der Waals surface area contributed by atoms with Crippen molar-refractivity contribution in [3.63, 3.8) is 0 Å². The molecule has 6 heteroatoms. The second kappa shape index (κ2) is 5.30. The zero-order valence-corrected chi connectivity index (χ0v) is 11.2. The lowest BCUT2D eigenvalue weighted by molar-refractivity contribution is 0.102. The van der Waals surface area contributed by atoms with Crippen LogP contribution in [0.5, 0.6) is 5.75 Å². The van der Waals surface area contributed by atoms with Crippen molar-refractivity contribution >= 4 is 34.2 Å². The number of nitrogens with one attached hydrogen (secondary N) is 1. The summed E-state index contributed by atoms with van der Waals surface area (Å²) in [6.45, 7) is 0. The fourth-order valence-corrected chi connectivity index (χ4v) is 1.86. The molecule has 0 aliphatic carbocycles. The van der Waals surface area contributed by atoms with Gasteiger partial charge in [-0.2, -0.15) is 0 Å². The Balaban J connectivity index is 2.24. The van der Waals surface area contributed by atoms with E-state index in [1.807, 2.05) is 22.6 Å². The maximum absolute atomic E-state index is 12.9. The van der Waals surface area contributed by atoms with E-state index >= 15 is 0 Å². The van der Waals surface area contributed by atoms with Crippen molar-refractivity contribution < 1.29 is 14.3 Å². The number of carbonyl (C=O) groups is 1. The van der Waals surface area contributed by atoms with E-state index in [-0.39, 0.29) is 17.0 Å². The molecule has 1 heterocycles. The van der Waals surface area contributed by atoms with Crippen molar-refractivity contribution in [3.05, 3.63) is 51.6 Å². The highest BCUT2D eigenvalue weighted by molar-refractivity contribution is 14.1. The van der Waals surface area contributed by atoms with Crippen molar-refractivity contribution in [2.24, 2.45) is 0 Å². The first-order valence-electron chi connectivity index (χ1n) is 4.96. The number of anilines is 1. The Morgan fingerprint density at radius 2 is 2.11 bits per heavy atom. The van der Waals surface area contributed by atoms with Crippen LogP contribution >= 0.6 is 22.6 Å². The van der Waals surface area contributed by atoms with Crippen LogP contribution in [-0.2, 0) is 0 Å². The molecule has 0 saturated carbocycles. The molecular weight excluding hydrogens is 350 g/mol. The van der Waals surface area contributed by atoms with Gasteiger partial charge in [0.25, 0.3) is 5.91 Å². The highest BCUT2D eigenvalue weighted by Crippen LogP contribution is 2.21. The summed E-state index contributed by atoms with van der Waals surface area (Å²) in [6.07, 6.45) is 2.37. The molecular formula is C12H8FIN2O2. The van der Waals surface area contributed by atoms with Gasteiger partial charge in [0.1, 0.15) is 11.6 Å². The van der Waals surface area contributed by atoms with Crippen LogP contribution in [-0.4, -0.2) is 16.0 Å². The Labute approximate surface area is 116 Å². The molecule has 0 spiro atoms. The molecule has 0 atom stereocenters. The predicted molar refractivity (Wildman–Crippen MR) is 73.0 cm³/mol. The van der Waals surface area contributed by atoms with Gasteiger partial charge < -0.3 is 10.4 Å². The summed E-state index contributed by atoms with van der Waals surface area (Å²) < 4.78 is 13.7. The van der Waals surface area contributed by atoms with E-state index in [0.717, 1.165) is 15.8 Å². The number of benzene rings is 1. The third-order valence-corrected chi connectivity index (χ3v) is 2.84. The van der Waals surface area contributed by atoms with E-state index in [9.17, 15) is 14.3 Å². The molecule has 1 aromatic carbocycles. The highest BCUT2D eigenvalue weighted by Gasteiger charge is 2.12. The zero-order chi connectivity index (χ0) is 13.1. The number of aromatic hydroxyl groups is 1. The van der Waals surface area contributed by atoms with Crippen molar-refractivity contribution in [2.75, 3.05) is 5.32 Å². The van der Waals surface area contributed by atoms with Gasteiger partial charge in [-0.3, -0.25) is 9.78 Å². The van der Waals surface area contributed by atoms with Crippen molar-refractivity contribution in [1.29, 1.82) is 0 Å². The molecule has 0 aliphatic rings. The van der Waals surface area contributed by atoms with Gasteiger partial charge in [-0.25, -0.2) is 4.39 Å². The van der Waals surface area contributed by atoms with Gasteiger partial charge in [0.15, 0.2) is 0 Å². The lowest BCUT2D eigenvalue weighted by Crippen LogP contribution is -2.12. The first kappa shape index (κ1) is 12.7. The molecule has 0 radical (unpaired) electrons. The van der Waals surface area contributed by atoms with Crippen LogP contribution in [0.2, 0.25) is 0 Å². The number of phenols is 1. The van der Waals surface area contributed by atoms with E-state index in [4.69, 9.17) is 0 Å². The van der Waals surface area contributed by atoms with Crippen LogP contribution in [0, 0.1) is 9.39 Å². The number of halogens is 2. The van der Waals surface area contributed by atoms with Crippen LogP contribution in [0.3, 0.4) is 0 Å². The molecule has 2 aromatic rings. The summed E-state index contributed by atoms with van der Waals surface area (Å²) in [7, 11) is 0. The number of amides is 1. The second-order valence-corrected chi connectivity index (χ2v) is 4.75. The Bertz CT molecular complexity index is 604. The average Bonchev–Trinajstić information content (AvgIpc) is 2.32. The van der Waals surface area contributed by atoms with Crippen molar-refractivity contribution in [1.82, 2.24) is 4.98 Å². The summed E-state index contributed by atoms with van der Waals surface area (Å²) in [5, 5.41) is 12.0. The molecule has 4 nitrogen and oxygen atoms in total. The lowest BCUT2D eigenvalue weighted by Gasteiger charge is -2.07. The maximum Gasteiger partial charge on any atom is 0.259 e. The van der Waals surface area contributed by atoms with Crippen LogP contribution < -0.4 is 5.32 Å². The number of aromatic nitrogens is 1. The maximum atomic E-state index is 12.9. The van der Waals surface area contributed by atoms with Gasteiger partial charge in [-0.15, -0.1) is 0 Å². The van der Waals surface area contributed by atoms with Gasteiger partial charge in [-0.1, -0.05) is 0 Å². The minimum absolute atomic E-state index is 0.128. The fraction of sp³-hybridized carbons (Fsp3) is 0. The first-order valence-corrected chi connectivity index (χ1v) is 6.04. The molecule has 1 amide bonds. The van der Waals surface area contributed by atoms with Gasteiger partial charge >= 0.3 is 0 Å². The number of pyridine rings is 1. The molecule has 92 valence electrons. The van der Waals surface area contributed by atoms with E-state index in [1.165, 1.54) is 18.3 Å². The largest absolute Gasteiger partial charge is 0.507 e. The molecule has 18 heavy (non-hydrogen) atoms. The van der Waals surface area contributed by atoms with Crippen LogP contribution in [0.4, 0.5) is 10.1 Å². The third kappa shape index (κ3) is 2.95. The van der Waals surface area contributed by atoms with Crippen LogP contribution in [0.1, 0.15) is 10.4 Å². The standard InChI is InChI=1S/C12H8FIN2O2/c13-7-3-9(6-15-5-7)16-12(18)10-4-8(14)1-2-11(10)17/h1-6,17H,(H,16,18). The quantitative estimate of drug-likeness (QED) is 0.812. The summed E-state index contributed by atoms with van der Waals surface area (Å²) in [6, 6.07) is 5.80. The lowest BCUT2D eigenvalue weighted by atomic mass is 10.2. The Morgan fingerprint density at radius 3 is 2.83 bits per heavy atom. The minimum Gasteiger partial charge on any atom is -0.507 e. The molecule has 0 unspecified atom stereocenters. The fourth-order valence-electron chi connectivity index (χ4n) is 1.37. The monoisotopic (exact) mass is 358 g/mol. The molecule has 0 bridgehead atoms. The Morgan fingerprint density at radius 1 is 1.33 bits per heavy atom. The van der Waals surface area contributed by atoms with Gasteiger partial charge in [0, 0.05) is 9.64 Å². The van der Waals surface area contributed by atoms with E-state index < -0.39 is 11.7 Å². The van der Waals surface area contributed by atoms with Gasteiger partial charge in [0.2, 0.25) is 0 Å². The average molecular weight is 358 g/mol. The molecule has 2 N–H and O–H groups in total. The minimum atomic E-state index is -0.542. The predicted octanol–water partition coefficient (Wildman–Crippen LogP) is 2.78. The van der Waals surface area contributed by atoms with E-state index in [1.54, 1.807) is 6.07 Å². The second-order valence-electron chi connectivity index (χ2n) is 3.51. The number of nitrogens with zero attached hydrogens (tertiary/aromatic N) is 1. The van der Waals surface area contributed by atoms with Gasteiger partial charge in [-0.05, 0) is 40.8 Å². The summed E-state index contributed by atoms with van der Waals surface area (Å²) in [5.74, 6) is -1.18. The smallest absolute Gasteiger partial charge is 0.259 e.